The van der Waals surface area contributed by atoms with Gasteiger partial charge in [0.15, 0.2) is 0 Å². The van der Waals surface area contributed by atoms with Gasteiger partial charge < -0.3 is 0 Å². The zero-order valence-electron chi connectivity index (χ0n) is 6.69. The molecule has 0 saturated heterocycles. The monoisotopic (exact) mass is 195 g/mol. The van der Waals surface area contributed by atoms with Crippen molar-refractivity contribution < 1.29 is 4.92 Å². The quantitative estimate of drug-likeness (QED) is 0.419. The maximum atomic E-state index is 10.4. The third-order valence-corrected chi connectivity index (χ3v) is 1.63. The normalized spacial score (nSPS) is 9.54. The first kappa shape index (κ1) is 9.60. The first-order chi connectivity index (χ1) is 6.09. The van der Waals surface area contributed by atoms with E-state index in [-0.39, 0.29) is 17.1 Å². The van der Waals surface area contributed by atoms with Crippen molar-refractivity contribution in [1.82, 2.24) is 5.73 Å². The molecule has 13 heavy (non-hydrogen) atoms. The van der Waals surface area contributed by atoms with Crippen LogP contribution in [0.2, 0.25) is 0 Å². The van der Waals surface area contributed by atoms with Gasteiger partial charge in [0.1, 0.15) is 0 Å². The summed E-state index contributed by atoms with van der Waals surface area (Å²) >= 11 is 4.58. The molecule has 1 N–H and O–H groups in total. The molecule has 0 spiro atoms. The Morgan fingerprint density at radius 1 is 1.62 bits per heavy atom. The number of hydrogen-bond donors (Lipinski definition) is 0. The summed E-state index contributed by atoms with van der Waals surface area (Å²) in [5.74, 6) is 0. The maximum absolute atomic E-state index is 10.4. The number of nitro groups is 1. The molecule has 5 heteroatoms. The molecular weight excluding hydrogens is 188 g/mol. The van der Waals surface area contributed by atoms with Gasteiger partial charge in [-0.15, -0.1) is 0 Å². The largest absolute Gasteiger partial charge is 0.293 e. The summed E-state index contributed by atoms with van der Waals surface area (Å²) in [6.07, 6.45) is 0.289. The van der Waals surface area contributed by atoms with Gasteiger partial charge in [-0.2, -0.15) is 0 Å². The smallest absolute Gasteiger partial charge is 0.269 e. The lowest BCUT2D eigenvalue weighted by Crippen LogP contribution is -2.00. The molecule has 0 amide bonds. The molecule has 1 aromatic carbocycles. The van der Waals surface area contributed by atoms with E-state index in [1.165, 1.54) is 12.1 Å². The van der Waals surface area contributed by atoms with E-state index < -0.39 is 4.92 Å². The second-order valence-corrected chi connectivity index (χ2v) is 3.02. The van der Waals surface area contributed by atoms with E-state index in [0.717, 1.165) is 0 Å². The van der Waals surface area contributed by atoms with Gasteiger partial charge in [0.2, 0.25) is 0 Å². The van der Waals surface area contributed by atoms with Crippen LogP contribution in [0.5, 0.6) is 0 Å². The molecule has 1 radical (unpaired) electrons. The van der Waals surface area contributed by atoms with Crippen LogP contribution in [-0.2, 0) is 6.42 Å². The lowest BCUT2D eigenvalue weighted by molar-refractivity contribution is -0.384. The molecule has 0 aromatic heterocycles. The predicted molar refractivity (Wildman–Crippen MR) is 52.5 cm³/mol. The number of nitrogens with zero attached hydrogens (tertiary/aromatic N) is 1. The SMILES string of the molecule is [NH]C(=S)Cc1cccc([N+](=O)[O-])c1. The van der Waals surface area contributed by atoms with E-state index in [0.29, 0.717) is 5.56 Å². The number of nitro benzene ring substituents is 1. The Bertz CT molecular complexity index is 352. The highest BCUT2D eigenvalue weighted by molar-refractivity contribution is 7.80. The zero-order valence-corrected chi connectivity index (χ0v) is 7.50. The minimum atomic E-state index is -0.462. The fourth-order valence-electron chi connectivity index (χ4n) is 0.965. The highest BCUT2D eigenvalue weighted by Crippen LogP contribution is 2.13. The lowest BCUT2D eigenvalue weighted by Gasteiger charge is -1.97. The molecule has 1 aromatic rings. The molecule has 0 fully saturated rings. The van der Waals surface area contributed by atoms with Gasteiger partial charge in [0, 0.05) is 18.6 Å². The van der Waals surface area contributed by atoms with Crippen molar-refractivity contribution in [3.63, 3.8) is 0 Å². The Kier molecular flexibility index (Phi) is 2.92. The van der Waals surface area contributed by atoms with E-state index in [1.54, 1.807) is 12.1 Å². The molecule has 0 aliphatic carbocycles. The van der Waals surface area contributed by atoms with Crippen LogP contribution in [0, 0.1) is 10.1 Å². The van der Waals surface area contributed by atoms with E-state index in [9.17, 15) is 10.1 Å². The van der Waals surface area contributed by atoms with E-state index in [2.05, 4.69) is 12.2 Å². The summed E-state index contributed by atoms with van der Waals surface area (Å²) in [5, 5.41) is 10.4. The minimum Gasteiger partial charge on any atom is -0.293 e. The van der Waals surface area contributed by atoms with Crippen LogP contribution in [0.4, 0.5) is 5.69 Å². The van der Waals surface area contributed by atoms with E-state index in [4.69, 9.17) is 5.73 Å². The Labute approximate surface area is 80.5 Å². The van der Waals surface area contributed by atoms with Gasteiger partial charge in [0.05, 0.1) is 9.91 Å². The average molecular weight is 195 g/mol. The Morgan fingerprint density at radius 3 is 2.85 bits per heavy atom. The number of non-ortho nitro benzene ring substituents is 1. The van der Waals surface area contributed by atoms with Crippen molar-refractivity contribution in [2.45, 2.75) is 6.42 Å². The van der Waals surface area contributed by atoms with Crippen molar-refractivity contribution >= 4 is 22.9 Å². The average Bonchev–Trinajstić information content (AvgIpc) is 2.03. The second-order valence-electron chi connectivity index (χ2n) is 2.53. The van der Waals surface area contributed by atoms with Crippen LogP contribution in [0.3, 0.4) is 0 Å². The summed E-state index contributed by atoms with van der Waals surface area (Å²) in [4.78, 5) is 9.99. The number of thiocarbonyl (C=S) groups is 1. The van der Waals surface area contributed by atoms with Crippen LogP contribution in [0.15, 0.2) is 24.3 Å². The van der Waals surface area contributed by atoms with Crippen molar-refractivity contribution in [3.05, 3.63) is 39.9 Å². The lowest BCUT2D eigenvalue weighted by atomic mass is 10.1. The van der Waals surface area contributed by atoms with Crippen molar-refractivity contribution in [1.29, 1.82) is 0 Å². The molecule has 0 aliphatic rings. The van der Waals surface area contributed by atoms with Gasteiger partial charge in [0.25, 0.3) is 5.69 Å². The maximum Gasteiger partial charge on any atom is 0.269 e. The molecule has 0 aliphatic heterocycles. The fraction of sp³-hybridized carbons (Fsp3) is 0.125. The van der Waals surface area contributed by atoms with Gasteiger partial charge in [-0.1, -0.05) is 24.4 Å². The van der Waals surface area contributed by atoms with Crippen LogP contribution < -0.4 is 5.73 Å². The molecular formula is C8H7N2O2S. The first-order valence-corrected chi connectivity index (χ1v) is 3.98. The van der Waals surface area contributed by atoms with Crippen molar-refractivity contribution in [3.8, 4) is 0 Å². The van der Waals surface area contributed by atoms with Crippen LogP contribution in [-0.4, -0.2) is 9.91 Å². The van der Waals surface area contributed by atoms with Crippen molar-refractivity contribution in [2.24, 2.45) is 0 Å². The van der Waals surface area contributed by atoms with Crippen LogP contribution >= 0.6 is 12.2 Å². The summed E-state index contributed by atoms with van der Waals surface area (Å²) in [5.41, 5.74) is 7.79. The molecule has 4 nitrogen and oxygen atoms in total. The van der Waals surface area contributed by atoms with Gasteiger partial charge in [-0.3, -0.25) is 15.8 Å². The molecule has 0 heterocycles. The van der Waals surface area contributed by atoms with E-state index in [1.807, 2.05) is 0 Å². The Morgan fingerprint density at radius 2 is 2.31 bits per heavy atom. The van der Waals surface area contributed by atoms with Gasteiger partial charge in [-0.05, 0) is 5.56 Å². The summed E-state index contributed by atoms with van der Waals surface area (Å²) in [6, 6.07) is 6.15. The second kappa shape index (κ2) is 3.95. The third kappa shape index (κ3) is 2.79. The molecule has 0 bridgehead atoms. The number of hydrogen-bond acceptors (Lipinski definition) is 3. The summed E-state index contributed by atoms with van der Waals surface area (Å²) in [7, 11) is 0. The van der Waals surface area contributed by atoms with Crippen LogP contribution in [0.1, 0.15) is 5.56 Å². The summed E-state index contributed by atoms with van der Waals surface area (Å²) in [6.45, 7) is 0. The number of benzene rings is 1. The molecule has 0 saturated carbocycles. The van der Waals surface area contributed by atoms with Crippen LogP contribution in [0.25, 0.3) is 0 Å². The summed E-state index contributed by atoms with van der Waals surface area (Å²) < 4.78 is 0. The standard InChI is InChI=1S/C8H7N2O2S/c9-8(13)5-6-2-1-3-7(4-6)10(11)12/h1-4,9H,5H2. The molecule has 0 atom stereocenters. The number of nitrogens with one attached hydrogen (secondary N) is 1. The van der Waals surface area contributed by atoms with Gasteiger partial charge in [-0.25, -0.2) is 0 Å². The Hall–Kier alpha value is -1.49. The predicted octanol–water partition coefficient (Wildman–Crippen LogP) is 1.75. The molecule has 0 unspecified atom stereocenters. The fourth-order valence-corrected chi connectivity index (χ4v) is 1.13. The Balaban J connectivity index is 2.91. The topological polar surface area (TPSA) is 66.9 Å². The minimum absolute atomic E-state index is 0.0359. The highest BCUT2D eigenvalue weighted by Gasteiger charge is 2.05. The molecule has 67 valence electrons. The van der Waals surface area contributed by atoms with Crippen molar-refractivity contribution in [2.75, 3.05) is 0 Å². The highest BCUT2D eigenvalue weighted by atomic mass is 32.1. The number of rotatable bonds is 3. The van der Waals surface area contributed by atoms with Gasteiger partial charge >= 0.3 is 0 Å². The first-order valence-electron chi connectivity index (χ1n) is 3.57. The van der Waals surface area contributed by atoms with E-state index >= 15 is 0 Å². The molecule has 1 rings (SSSR count). The third-order valence-electron chi connectivity index (χ3n) is 1.49. The zero-order chi connectivity index (χ0) is 9.84.